The molecule has 2 nitrogen and oxygen atoms in total. The van der Waals surface area contributed by atoms with Crippen molar-refractivity contribution in [1.29, 1.82) is 0 Å². The monoisotopic (exact) mass is 713 g/mol. The van der Waals surface area contributed by atoms with E-state index in [1.807, 2.05) is 6.07 Å². The average Bonchev–Trinajstić information content (AvgIpc) is 3.66. The van der Waals surface area contributed by atoms with E-state index in [-0.39, 0.29) is 0 Å². The molecule has 1 aliphatic carbocycles. The van der Waals surface area contributed by atoms with Crippen molar-refractivity contribution in [3.05, 3.63) is 212 Å². The summed E-state index contributed by atoms with van der Waals surface area (Å²) in [5.41, 5.74) is 19.2. The molecule has 9 aromatic carbocycles. The molecule has 1 aliphatic rings. The maximum absolute atomic E-state index is 6.80. The van der Waals surface area contributed by atoms with Gasteiger partial charge in [0.05, 0.1) is 11.4 Å². The molecule has 0 unspecified atom stereocenters. The molecule has 0 radical (unpaired) electrons. The van der Waals surface area contributed by atoms with Crippen LogP contribution in [0.1, 0.15) is 0 Å². The zero-order chi connectivity index (χ0) is 37.0. The fourth-order valence-corrected chi connectivity index (χ4v) is 8.69. The zero-order valence-corrected chi connectivity index (χ0v) is 30.6. The summed E-state index contributed by atoms with van der Waals surface area (Å²) in [6.07, 6.45) is 0. The fourth-order valence-electron chi connectivity index (χ4n) is 8.69. The first-order valence-electron chi connectivity index (χ1n) is 19.2. The number of fused-ring (bicyclic) bond motifs is 11. The van der Waals surface area contributed by atoms with Gasteiger partial charge in [0, 0.05) is 22.0 Å². The molecular formula is C54H35NO. The predicted molar refractivity (Wildman–Crippen MR) is 235 cm³/mol. The van der Waals surface area contributed by atoms with Gasteiger partial charge in [0.15, 0.2) is 5.58 Å². The smallest absolute Gasteiger partial charge is 0.159 e. The van der Waals surface area contributed by atoms with Crippen LogP contribution in [0.2, 0.25) is 0 Å². The van der Waals surface area contributed by atoms with Gasteiger partial charge in [-0.1, -0.05) is 176 Å². The Kier molecular flexibility index (Phi) is 7.53. The van der Waals surface area contributed by atoms with Gasteiger partial charge in [0.2, 0.25) is 0 Å². The number of anilines is 3. The third-order valence-electron chi connectivity index (χ3n) is 11.3. The molecule has 0 aliphatic heterocycles. The van der Waals surface area contributed by atoms with Crippen LogP contribution < -0.4 is 4.90 Å². The SMILES string of the molecule is c1ccc(-c2ccc(N(c3ccc4c(c3)-c3ccccc3-c3ccccc3-c3ccccc3-4)c3cccc4c3oc3ccccc34)c(-c3ccccc3)c2)cc1. The largest absolute Gasteiger partial charge is 0.454 e. The first-order valence-corrected chi connectivity index (χ1v) is 19.2. The first kappa shape index (κ1) is 32.0. The lowest BCUT2D eigenvalue weighted by Gasteiger charge is -2.30. The highest BCUT2D eigenvalue weighted by molar-refractivity contribution is 6.11. The van der Waals surface area contributed by atoms with Crippen LogP contribution in [-0.2, 0) is 0 Å². The lowest BCUT2D eigenvalue weighted by molar-refractivity contribution is 0.669. The summed E-state index contributed by atoms with van der Waals surface area (Å²) in [5, 5.41) is 2.20. The Hall–Kier alpha value is -7.42. The van der Waals surface area contributed by atoms with E-state index in [0.29, 0.717) is 0 Å². The molecule has 0 spiro atoms. The second-order valence-corrected chi connectivity index (χ2v) is 14.4. The summed E-state index contributed by atoms with van der Waals surface area (Å²) >= 11 is 0. The normalized spacial score (nSPS) is 11.6. The Labute approximate surface area is 326 Å². The van der Waals surface area contributed by atoms with Crippen LogP contribution in [0.5, 0.6) is 0 Å². The summed E-state index contributed by atoms with van der Waals surface area (Å²) in [7, 11) is 0. The minimum absolute atomic E-state index is 0.853. The first-order chi connectivity index (χ1) is 27.8. The van der Waals surface area contributed by atoms with Crippen molar-refractivity contribution in [2.75, 3.05) is 4.90 Å². The fraction of sp³-hybridized carbons (Fsp3) is 0. The predicted octanol–water partition coefficient (Wildman–Crippen LogP) is 15.4. The van der Waals surface area contributed by atoms with E-state index in [1.54, 1.807) is 0 Å². The highest BCUT2D eigenvalue weighted by Gasteiger charge is 2.26. The second kappa shape index (κ2) is 13.2. The molecule has 0 amide bonds. The molecule has 1 aromatic heterocycles. The Morgan fingerprint density at radius 1 is 0.286 bits per heavy atom. The number of nitrogens with zero attached hydrogens (tertiary/aromatic N) is 1. The van der Waals surface area contributed by atoms with Gasteiger partial charge in [-0.25, -0.2) is 0 Å². The van der Waals surface area contributed by atoms with E-state index in [9.17, 15) is 0 Å². The highest BCUT2D eigenvalue weighted by atomic mass is 16.3. The molecule has 262 valence electrons. The molecule has 10 aromatic rings. The summed E-state index contributed by atoms with van der Waals surface area (Å²) in [6, 6.07) is 76.6. The van der Waals surface area contributed by atoms with Crippen molar-refractivity contribution in [2.45, 2.75) is 0 Å². The van der Waals surface area contributed by atoms with Crippen molar-refractivity contribution in [2.24, 2.45) is 0 Å². The van der Waals surface area contributed by atoms with Gasteiger partial charge < -0.3 is 9.32 Å². The maximum Gasteiger partial charge on any atom is 0.159 e. The molecule has 56 heavy (non-hydrogen) atoms. The molecule has 0 saturated carbocycles. The van der Waals surface area contributed by atoms with Gasteiger partial charge in [-0.15, -0.1) is 0 Å². The van der Waals surface area contributed by atoms with E-state index in [4.69, 9.17) is 4.42 Å². The van der Waals surface area contributed by atoms with E-state index in [2.05, 4.69) is 211 Å². The van der Waals surface area contributed by atoms with Crippen LogP contribution in [0.25, 0.3) is 88.7 Å². The number of para-hydroxylation sites is 2. The van der Waals surface area contributed by atoms with Crippen molar-refractivity contribution in [3.63, 3.8) is 0 Å². The third-order valence-corrected chi connectivity index (χ3v) is 11.3. The standard InChI is InChI=1S/C54H35NO/c1-3-16-36(17-4-1)38-30-33-51(49(34-38)37-18-5-2-6-19-37)55(52-28-15-27-48-47-26-13-14-29-53(47)56-54(48)52)39-31-32-46-44-24-10-9-22-42(44)40-20-7-8-21-41(40)43-23-11-12-25-45(43)50(46)35-39/h1-35H. The summed E-state index contributed by atoms with van der Waals surface area (Å²) < 4.78 is 6.80. The van der Waals surface area contributed by atoms with Gasteiger partial charge in [-0.05, 0) is 97.6 Å². The van der Waals surface area contributed by atoms with Crippen LogP contribution in [0.4, 0.5) is 17.1 Å². The lowest BCUT2D eigenvalue weighted by atomic mass is 9.81. The number of benzene rings is 9. The van der Waals surface area contributed by atoms with Gasteiger partial charge in [-0.3, -0.25) is 0 Å². The Bertz CT molecular complexity index is 3080. The van der Waals surface area contributed by atoms with Crippen LogP contribution in [0, 0.1) is 0 Å². The van der Waals surface area contributed by atoms with E-state index in [0.717, 1.165) is 55.7 Å². The summed E-state index contributed by atoms with van der Waals surface area (Å²) in [4.78, 5) is 2.41. The minimum atomic E-state index is 0.853. The summed E-state index contributed by atoms with van der Waals surface area (Å²) in [6.45, 7) is 0. The van der Waals surface area contributed by atoms with Gasteiger partial charge in [-0.2, -0.15) is 0 Å². The van der Waals surface area contributed by atoms with Crippen molar-refractivity contribution in [3.8, 4) is 66.8 Å². The summed E-state index contributed by atoms with van der Waals surface area (Å²) in [5.74, 6) is 0. The van der Waals surface area contributed by atoms with Crippen molar-refractivity contribution < 1.29 is 4.42 Å². The number of rotatable bonds is 5. The molecule has 11 rings (SSSR count). The molecule has 1 heterocycles. The van der Waals surface area contributed by atoms with Crippen molar-refractivity contribution in [1.82, 2.24) is 0 Å². The Morgan fingerprint density at radius 3 is 1.45 bits per heavy atom. The Balaban J connectivity index is 1.22. The van der Waals surface area contributed by atoms with Gasteiger partial charge in [0.25, 0.3) is 0 Å². The molecule has 0 bridgehead atoms. The molecule has 0 N–H and O–H groups in total. The van der Waals surface area contributed by atoms with Crippen LogP contribution in [0.3, 0.4) is 0 Å². The van der Waals surface area contributed by atoms with Crippen LogP contribution in [-0.4, -0.2) is 0 Å². The molecular weight excluding hydrogens is 679 g/mol. The molecule has 0 saturated heterocycles. The van der Waals surface area contributed by atoms with Gasteiger partial charge >= 0.3 is 0 Å². The average molecular weight is 714 g/mol. The van der Waals surface area contributed by atoms with Crippen LogP contribution >= 0.6 is 0 Å². The molecule has 2 heteroatoms. The minimum Gasteiger partial charge on any atom is -0.454 e. The third kappa shape index (κ3) is 5.19. The molecule has 0 fully saturated rings. The topological polar surface area (TPSA) is 16.4 Å². The van der Waals surface area contributed by atoms with E-state index in [1.165, 1.54) is 50.1 Å². The lowest BCUT2D eigenvalue weighted by Crippen LogP contribution is -2.12. The second-order valence-electron chi connectivity index (χ2n) is 14.4. The van der Waals surface area contributed by atoms with Crippen LogP contribution in [0.15, 0.2) is 217 Å². The number of hydrogen-bond donors (Lipinski definition) is 0. The number of hydrogen-bond acceptors (Lipinski definition) is 2. The Morgan fingerprint density at radius 2 is 0.804 bits per heavy atom. The quantitative estimate of drug-likeness (QED) is 0.177. The zero-order valence-electron chi connectivity index (χ0n) is 30.6. The van der Waals surface area contributed by atoms with E-state index < -0.39 is 0 Å². The number of furan rings is 1. The van der Waals surface area contributed by atoms with Crippen molar-refractivity contribution >= 4 is 39.0 Å². The highest BCUT2D eigenvalue weighted by Crippen LogP contribution is 2.51. The van der Waals surface area contributed by atoms with Gasteiger partial charge in [0.1, 0.15) is 5.58 Å². The molecule has 0 atom stereocenters. The maximum atomic E-state index is 6.80. The van der Waals surface area contributed by atoms with E-state index >= 15 is 0 Å².